The van der Waals surface area contributed by atoms with Crippen molar-refractivity contribution in [2.75, 3.05) is 58.5 Å². The molecule has 2 aliphatic heterocycles. The van der Waals surface area contributed by atoms with Gasteiger partial charge in [-0.15, -0.1) is 0 Å². The fraction of sp³-hybridized carbons (Fsp3) is 0.455. The van der Waals surface area contributed by atoms with Crippen molar-refractivity contribution in [1.29, 1.82) is 0 Å². The Kier molecular flexibility index (Phi) is 6.29. The van der Waals surface area contributed by atoms with Gasteiger partial charge in [-0.2, -0.15) is 0 Å². The Labute approximate surface area is 178 Å². The van der Waals surface area contributed by atoms with E-state index < -0.39 is 10.0 Å². The molecule has 2 aliphatic rings. The second-order valence-corrected chi connectivity index (χ2v) is 9.52. The summed E-state index contributed by atoms with van der Waals surface area (Å²) in [5.74, 6) is 0.628. The Morgan fingerprint density at radius 2 is 1.83 bits per heavy atom. The molecule has 1 saturated heterocycles. The van der Waals surface area contributed by atoms with Gasteiger partial charge in [-0.05, 0) is 47.9 Å². The Balaban J connectivity index is 1.56. The third-order valence-corrected chi connectivity index (χ3v) is 7.38. The zero-order chi connectivity index (χ0) is 21.1. The lowest BCUT2D eigenvalue weighted by Crippen LogP contribution is -2.43. The maximum Gasteiger partial charge on any atom is 0.240 e. The second kappa shape index (κ2) is 8.93. The molecule has 2 aromatic carbocycles. The molecule has 2 aromatic rings. The quantitative estimate of drug-likeness (QED) is 0.724. The van der Waals surface area contributed by atoms with Crippen LogP contribution < -0.4 is 14.4 Å². The van der Waals surface area contributed by atoms with E-state index in [2.05, 4.69) is 39.8 Å². The van der Waals surface area contributed by atoms with Crippen LogP contribution in [0.15, 0.2) is 47.4 Å². The van der Waals surface area contributed by atoms with Crippen molar-refractivity contribution in [1.82, 2.24) is 9.62 Å². The largest absolute Gasteiger partial charge is 0.497 e. The summed E-state index contributed by atoms with van der Waals surface area (Å²) in [5.41, 5.74) is 3.73. The van der Waals surface area contributed by atoms with Gasteiger partial charge in [0.1, 0.15) is 5.75 Å². The summed E-state index contributed by atoms with van der Waals surface area (Å²) in [6, 6.07) is 12.9. The molecule has 30 heavy (non-hydrogen) atoms. The minimum absolute atomic E-state index is 0.0434. The van der Waals surface area contributed by atoms with Gasteiger partial charge in [-0.25, -0.2) is 13.1 Å². The monoisotopic (exact) mass is 431 g/mol. The van der Waals surface area contributed by atoms with E-state index in [9.17, 15) is 8.42 Å². The van der Waals surface area contributed by atoms with Gasteiger partial charge >= 0.3 is 0 Å². The fourth-order valence-corrected chi connectivity index (χ4v) is 5.21. The van der Waals surface area contributed by atoms with Crippen molar-refractivity contribution in [3.63, 3.8) is 0 Å². The molecule has 0 spiro atoms. The Morgan fingerprint density at radius 3 is 2.53 bits per heavy atom. The average molecular weight is 432 g/mol. The maximum absolute atomic E-state index is 12.9. The van der Waals surface area contributed by atoms with Crippen LogP contribution in [0.1, 0.15) is 17.2 Å². The van der Waals surface area contributed by atoms with Gasteiger partial charge in [-0.1, -0.05) is 12.1 Å². The molecule has 0 radical (unpaired) electrons. The summed E-state index contributed by atoms with van der Waals surface area (Å²) in [6.07, 6.45) is 1.02. The molecule has 0 aromatic heterocycles. The topological polar surface area (TPSA) is 71.1 Å². The van der Waals surface area contributed by atoms with E-state index in [1.807, 2.05) is 0 Å². The molecule has 4 rings (SSSR count). The first-order valence-corrected chi connectivity index (χ1v) is 11.8. The fourth-order valence-electron chi connectivity index (χ4n) is 4.17. The van der Waals surface area contributed by atoms with Gasteiger partial charge in [0.25, 0.3) is 0 Å². The average Bonchev–Trinajstić information content (AvgIpc) is 3.15. The number of nitrogens with one attached hydrogen (secondary N) is 1. The number of ether oxygens (including phenoxy) is 2. The number of morpholine rings is 1. The molecule has 8 heteroatoms. The lowest BCUT2D eigenvalue weighted by Gasteiger charge is -2.35. The van der Waals surface area contributed by atoms with Crippen molar-refractivity contribution in [3.05, 3.63) is 53.6 Å². The lowest BCUT2D eigenvalue weighted by molar-refractivity contribution is 0.0172. The van der Waals surface area contributed by atoms with Crippen LogP contribution in [0.5, 0.6) is 5.75 Å². The molecule has 0 amide bonds. The zero-order valence-electron chi connectivity index (χ0n) is 17.5. The Morgan fingerprint density at radius 1 is 1.10 bits per heavy atom. The van der Waals surface area contributed by atoms with E-state index in [0.717, 1.165) is 31.6 Å². The van der Waals surface area contributed by atoms with Crippen LogP contribution >= 0.6 is 0 Å². The van der Waals surface area contributed by atoms with E-state index >= 15 is 0 Å². The Bertz CT molecular complexity index is 972. The molecule has 7 nitrogen and oxygen atoms in total. The highest BCUT2D eigenvalue weighted by Crippen LogP contribution is 2.31. The highest BCUT2D eigenvalue weighted by Gasteiger charge is 2.27. The third-order valence-electron chi connectivity index (χ3n) is 5.94. The number of anilines is 1. The van der Waals surface area contributed by atoms with Crippen LogP contribution in [0.4, 0.5) is 5.69 Å². The van der Waals surface area contributed by atoms with E-state index in [0.29, 0.717) is 25.5 Å². The smallest absolute Gasteiger partial charge is 0.240 e. The number of likely N-dealkylation sites (N-methyl/N-ethyl adjacent to an activating group) is 1. The summed E-state index contributed by atoms with van der Waals surface area (Å²) in [7, 11) is 0.0447. The first-order valence-electron chi connectivity index (χ1n) is 10.3. The van der Waals surface area contributed by atoms with Crippen LogP contribution in [-0.4, -0.2) is 66.9 Å². The summed E-state index contributed by atoms with van der Waals surface area (Å²) >= 11 is 0. The highest BCUT2D eigenvalue weighted by molar-refractivity contribution is 7.89. The highest BCUT2D eigenvalue weighted by atomic mass is 32.2. The van der Waals surface area contributed by atoms with Crippen molar-refractivity contribution in [3.8, 4) is 5.75 Å². The van der Waals surface area contributed by atoms with E-state index in [1.165, 1.54) is 11.3 Å². The van der Waals surface area contributed by atoms with Gasteiger partial charge in [0.15, 0.2) is 0 Å². The van der Waals surface area contributed by atoms with Crippen LogP contribution in [-0.2, 0) is 21.2 Å². The first-order chi connectivity index (χ1) is 14.5. The van der Waals surface area contributed by atoms with E-state index in [-0.39, 0.29) is 10.9 Å². The molecule has 162 valence electrons. The van der Waals surface area contributed by atoms with Crippen molar-refractivity contribution >= 4 is 15.7 Å². The maximum atomic E-state index is 12.9. The minimum Gasteiger partial charge on any atom is -0.497 e. The predicted octanol–water partition coefficient (Wildman–Crippen LogP) is 2.04. The SMILES string of the molecule is COc1ccc(S(=O)(=O)NC[C@@H](c2ccc3c(c2)CCN3C)N2CCOCC2)cc1. The minimum atomic E-state index is -3.62. The normalized spacial score (nSPS) is 18.3. The number of sulfonamides is 1. The summed E-state index contributed by atoms with van der Waals surface area (Å²) in [5, 5.41) is 0. The lowest BCUT2D eigenvalue weighted by atomic mass is 10.0. The summed E-state index contributed by atoms with van der Waals surface area (Å²) < 4.78 is 39.2. The van der Waals surface area contributed by atoms with Crippen molar-refractivity contribution in [2.24, 2.45) is 0 Å². The van der Waals surface area contributed by atoms with Crippen molar-refractivity contribution in [2.45, 2.75) is 17.4 Å². The first kappa shape index (κ1) is 21.1. The van der Waals surface area contributed by atoms with Crippen LogP contribution in [0.2, 0.25) is 0 Å². The number of methoxy groups -OCH3 is 1. The molecule has 1 fully saturated rings. The Hall–Kier alpha value is -2.13. The van der Waals surface area contributed by atoms with Crippen LogP contribution in [0.25, 0.3) is 0 Å². The number of hydrogen-bond donors (Lipinski definition) is 1. The molecule has 0 bridgehead atoms. The predicted molar refractivity (Wildman–Crippen MR) is 117 cm³/mol. The molecule has 0 aliphatic carbocycles. The zero-order valence-corrected chi connectivity index (χ0v) is 18.3. The molecule has 0 saturated carbocycles. The van der Waals surface area contributed by atoms with Crippen LogP contribution in [0, 0.1) is 0 Å². The number of fused-ring (bicyclic) bond motifs is 1. The number of hydrogen-bond acceptors (Lipinski definition) is 6. The molecule has 1 N–H and O–H groups in total. The number of rotatable bonds is 7. The van der Waals surface area contributed by atoms with Crippen molar-refractivity contribution < 1.29 is 17.9 Å². The summed E-state index contributed by atoms with van der Waals surface area (Å²) in [6.45, 7) is 4.22. The van der Waals surface area contributed by atoms with Crippen LogP contribution in [0.3, 0.4) is 0 Å². The third kappa shape index (κ3) is 4.46. The summed E-state index contributed by atoms with van der Waals surface area (Å²) in [4.78, 5) is 4.80. The molecule has 1 atom stereocenters. The van der Waals surface area contributed by atoms with Gasteiger partial charge in [-0.3, -0.25) is 4.90 Å². The standard InChI is InChI=1S/C22H29N3O4S/c1-24-10-9-18-15-17(3-8-21(18)24)22(25-11-13-29-14-12-25)16-23-30(26,27)20-6-4-19(28-2)5-7-20/h3-8,15,22-23H,9-14,16H2,1-2H3/t22-/m0/s1. The number of nitrogens with zero attached hydrogens (tertiary/aromatic N) is 2. The van der Waals surface area contributed by atoms with E-state index in [4.69, 9.17) is 9.47 Å². The molecular weight excluding hydrogens is 402 g/mol. The van der Waals surface area contributed by atoms with Gasteiger partial charge < -0.3 is 14.4 Å². The van der Waals surface area contributed by atoms with Gasteiger partial charge in [0.2, 0.25) is 10.0 Å². The number of benzene rings is 2. The second-order valence-electron chi connectivity index (χ2n) is 7.75. The van der Waals surface area contributed by atoms with Gasteiger partial charge in [0, 0.05) is 45.0 Å². The molecule has 0 unspecified atom stereocenters. The van der Waals surface area contributed by atoms with E-state index in [1.54, 1.807) is 31.4 Å². The molecular formula is C22H29N3O4S. The van der Waals surface area contributed by atoms with Gasteiger partial charge in [0.05, 0.1) is 25.2 Å². The molecule has 2 heterocycles.